The summed E-state index contributed by atoms with van der Waals surface area (Å²) in [6.07, 6.45) is 1.48. The van der Waals surface area contributed by atoms with Gasteiger partial charge in [-0.15, -0.1) is 11.8 Å². The number of carboxylic acid groups (broad SMARTS) is 1. The molecule has 7 nitrogen and oxygen atoms in total. The van der Waals surface area contributed by atoms with Crippen molar-refractivity contribution in [2.24, 2.45) is 5.73 Å². The average molecular weight is 283 g/mol. The molecule has 1 rings (SSSR count). The number of nitrogens with one attached hydrogen (secondary N) is 1. The van der Waals surface area contributed by atoms with Crippen LogP contribution in [0.2, 0.25) is 0 Å². The first-order valence-electron chi connectivity index (χ1n) is 5.29. The van der Waals surface area contributed by atoms with E-state index in [1.54, 1.807) is 6.07 Å². The Morgan fingerprint density at radius 2 is 2.21 bits per heavy atom. The van der Waals surface area contributed by atoms with Gasteiger partial charge >= 0.3 is 5.97 Å². The number of rotatable bonds is 6. The van der Waals surface area contributed by atoms with E-state index in [0.29, 0.717) is 5.03 Å². The fraction of sp³-hybridized carbons (Fsp3) is 0.273. The third-order valence-electron chi connectivity index (χ3n) is 2.10. The molecule has 8 heteroatoms. The highest BCUT2D eigenvalue weighted by Crippen LogP contribution is 2.20. The molecule has 0 unspecified atom stereocenters. The SMILES string of the molecule is CC(=O)N[C@@H](CSc1ncccc1C(N)=O)C(=O)O. The fourth-order valence-corrected chi connectivity index (χ4v) is 2.29. The third kappa shape index (κ3) is 4.59. The van der Waals surface area contributed by atoms with E-state index in [-0.39, 0.29) is 11.3 Å². The summed E-state index contributed by atoms with van der Waals surface area (Å²) in [7, 11) is 0. The van der Waals surface area contributed by atoms with Crippen LogP contribution in [0.25, 0.3) is 0 Å². The molecule has 19 heavy (non-hydrogen) atoms. The first-order chi connectivity index (χ1) is 8.91. The second kappa shape index (κ2) is 6.74. The number of nitrogens with zero attached hydrogens (tertiary/aromatic N) is 1. The minimum absolute atomic E-state index is 0.0478. The zero-order valence-electron chi connectivity index (χ0n) is 10.1. The van der Waals surface area contributed by atoms with E-state index in [1.165, 1.54) is 19.2 Å². The Hall–Kier alpha value is -2.09. The van der Waals surface area contributed by atoms with Gasteiger partial charge in [0.2, 0.25) is 5.91 Å². The minimum Gasteiger partial charge on any atom is -0.480 e. The lowest BCUT2D eigenvalue weighted by Gasteiger charge is -2.13. The first-order valence-corrected chi connectivity index (χ1v) is 6.28. The highest BCUT2D eigenvalue weighted by atomic mass is 32.2. The van der Waals surface area contributed by atoms with E-state index in [2.05, 4.69) is 10.3 Å². The Kier molecular flexibility index (Phi) is 5.31. The molecule has 0 radical (unpaired) electrons. The van der Waals surface area contributed by atoms with E-state index in [9.17, 15) is 14.4 Å². The molecule has 0 aliphatic heterocycles. The summed E-state index contributed by atoms with van der Waals surface area (Å²) >= 11 is 1.05. The van der Waals surface area contributed by atoms with Crippen LogP contribution in [-0.4, -0.2) is 39.7 Å². The van der Waals surface area contributed by atoms with Gasteiger partial charge in [-0.3, -0.25) is 9.59 Å². The van der Waals surface area contributed by atoms with E-state index < -0.39 is 23.8 Å². The zero-order chi connectivity index (χ0) is 14.4. The van der Waals surface area contributed by atoms with Crippen LogP contribution in [0.15, 0.2) is 23.4 Å². The molecule has 0 bridgehead atoms. The monoisotopic (exact) mass is 283 g/mol. The summed E-state index contributed by atoms with van der Waals surface area (Å²) in [5.74, 6) is -2.18. The maximum Gasteiger partial charge on any atom is 0.327 e. The number of thioether (sulfide) groups is 1. The standard InChI is InChI=1S/C11H13N3O4S/c1-6(15)14-8(11(17)18)5-19-10-7(9(12)16)3-2-4-13-10/h2-4,8H,5H2,1H3,(H2,12,16)(H,14,15)(H,17,18)/t8-/m0/s1. The third-order valence-corrected chi connectivity index (χ3v) is 3.20. The predicted molar refractivity (Wildman–Crippen MR) is 68.7 cm³/mol. The topological polar surface area (TPSA) is 122 Å². The molecule has 0 aromatic carbocycles. The van der Waals surface area contributed by atoms with E-state index in [0.717, 1.165) is 11.8 Å². The first kappa shape index (κ1) is 15.0. The Morgan fingerprint density at radius 1 is 1.53 bits per heavy atom. The van der Waals surface area contributed by atoms with E-state index in [4.69, 9.17) is 10.8 Å². The summed E-state index contributed by atoms with van der Waals surface area (Å²) in [6, 6.07) is 2.02. The van der Waals surface area contributed by atoms with Crippen molar-refractivity contribution in [3.05, 3.63) is 23.9 Å². The van der Waals surface area contributed by atoms with Gasteiger partial charge in [-0.1, -0.05) is 0 Å². The number of aliphatic carboxylic acids is 1. The molecule has 102 valence electrons. The number of primary amides is 1. The van der Waals surface area contributed by atoms with Crippen molar-refractivity contribution in [2.45, 2.75) is 18.0 Å². The molecule has 1 aromatic heterocycles. The summed E-state index contributed by atoms with van der Waals surface area (Å²) in [5, 5.41) is 11.6. The lowest BCUT2D eigenvalue weighted by Crippen LogP contribution is -2.41. The number of pyridine rings is 1. The van der Waals surface area contributed by atoms with Crippen molar-refractivity contribution in [1.82, 2.24) is 10.3 Å². The largest absolute Gasteiger partial charge is 0.480 e. The lowest BCUT2D eigenvalue weighted by molar-refractivity contribution is -0.140. The highest BCUT2D eigenvalue weighted by molar-refractivity contribution is 7.99. The van der Waals surface area contributed by atoms with Crippen LogP contribution in [0.3, 0.4) is 0 Å². The fourth-order valence-electron chi connectivity index (χ4n) is 1.28. The molecule has 0 aliphatic carbocycles. The molecule has 1 aromatic rings. The van der Waals surface area contributed by atoms with Gasteiger partial charge in [0, 0.05) is 18.9 Å². The van der Waals surface area contributed by atoms with Crippen molar-refractivity contribution in [1.29, 1.82) is 0 Å². The van der Waals surface area contributed by atoms with Gasteiger partial charge in [0.05, 0.1) is 5.56 Å². The molecular formula is C11H13N3O4S. The summed E-state index contributed by atoms with van der Waals surface area (Å²) in [6.45, 7) is 1.23. The Bertz CT molecular complexity index is 506. The van der Waals surface area contributed by atoms with Gasteiger partial charge in [0.1, 0.15) is 11.1 Å². The van der Waals surface area contributed by atoms with Crippen LogP contribution < -0.4 is 11.1 Å². The van der Waals surface area contributed by atoms with Gasteiger partial charge < -0.3 is 16.2 Å². The number of nitrogens with two attached hydrogens (primary N) is 1. The molecule has 0 saturated heterocycles. The van der Waals surface area contributed by atoms with Crippen molar-refractivity contribution >= 4 is 29.5 Å². The zero-order valence-corrected chi connectivity index (χ0v) is 10.9. The van der Waals surface area contributed by atoms with Crippen molar-refractivity contribution in [3.8, 4) is 0 Å². The number of hydrogen-bond acceptors (Lipinski definition) is 5. The van der Waals surface area contributed by atoms with Crippen molar-refractivity contribution in [3.63, 3.8) is 0 Å². The Labute approximate surface area is 113 Å². The second-order valence-corrected chi connectivity index (χ2v) is 4.63. The summed E-state index contributed by atoms with van der Waals surface area (Å²) in [4.78, 5) is 36.9. The van der Waals surface area contributed by atoms with Gasteiger partial charge in [-0.25, -0.2) is 9.78 Å². The molecule has 0 saturated carbocycles. The normalized spacial score (nSPS) is 11.6. The molecule has 0 spiro atoms. The second-order valence-electron chi connectivity index (χ2n) is 3.62. The molecule has 1 atom stereocenters. The number of carbonyl (C=O) groups excluding carboxylic acids is 2. The maximum atomic E-state index is 11.2. The number of aromatic nitrogens is 1. The maximum absolute atomic E-state index is 11.2. The smallest absolute Gasteiger partial charge is 0.327 e. The molecule has 2 amide bonds. The molecule has 1 heterocycles. The highest BCUT2D eigenvalue weighted by Gasteiger charge is 2.20. The van der Waals surface area contributed by atoms with E-state index >= 15 is 0 Å². The number of amides is 2. The minimum atomic E-state index is -1.15. The quantitative estimate of drug-likeness (QED) is 0.625. The van der Waals surface area contributed by atoms with Gasteiger partial charge in [0.25, 0.3) is 5.91 Å². The van der Waals surface area contributed by atoms with Crippen LogP contribution in [0.4, 0.5) is 0 Å². The average Bonchev–Trinajstić information content (AvgIpc) is 2.34. The van der Waals surface area contributed by atoms with Crippen LogP contribution in [0, 0.1) is 0 Å². The van der Waals surface area contributed by atoms with Gasteiger partial charge in [-0.2, -0.15) is 0 Å². The molecular weight excluding hydrogens is 270 g/mol. The molecule has 0 fully saturated rings. The molecule has 0 aliphatic rings. The Morgan fingerprint density at radius 3 is 2.74 bits per heavy atom. The van der Waals surface area contributed by atoms with Crippen LogP contribution in [0.1, 0.15) is 17.3 Å². The van der Waals surface area contributed by atoms with E-state index in [1.807, 2.05) is 0 Å². The number of carboxylic acids is 1. The number of carbonyl (C=O) groups is 3. The Balaban J connectivity index is 2.77. The van der Waals surface area contributed by atoms with Crippen LogP contribution >= 0.6 is 11.8 Å². The van der Waals surface area contributed by atoms with Crippen molar-refractivity contribution in [2.75, 3.05) is 5.75 Å². The predicted octanol–water partition coefficient (Wildman–Crippen LogP) is -0.138. The summed E-state index contributed by atoms with van der Waals surface area (Å²) in [5.41, 5.74) is 5.40. The lowest BCUT2D eigenvalue weighted by atomic mass is 10.3. The van der Waals surface area contributed by atoms with Crippen molar-refractivity contribution < 1.29 is 19.5 Å². The number of hydrogen-bond donors (Lipinski definition) is 3. The van der Waals surface area contributed by atoms with Crippen LogP contribution in [0.5, 0.6) is 0 Å². The summed E-state index contributed by atoms with van der Waals surface area (Å²) < 4.78 is 0. The van der Waals surface area contributed by atoms with Crippen LogP contribution in [-0.2, 0) is 9.59 Å². The molecule has 4 N–H and O–H groups in total. The van der Waals surface area contributed by atoms with Gasteiger partial charge in [-0.05, 0) is 12.1 Å². The van der Waals surface area contributed by atoms with Gasteiger partial charge in [0.15, 0.2) is 0 Å².